The van der Waals surface area contributed by atoms with Gasteiger partial charge in [-0.05, 0) is 179 Å². The summed E-state index contributed by atoms with van der Waals surface area (Å²) in [4.78, 5) is 105. The summed E-state index contributed by atoms with van der Waals surface area (Å²) in [5.41, 5.74) is 0.872. The molecular formula is C92H187N23O16S. The average molecular weight is 1900 g/mol. The van der Waals surface area contributed by atoms with E-state index in [4.69, 9.17) is 20.4 Å². The number of sulfone groups is 1. The zero-order valence-corrected chi connectivity index (χ0v) is 87.2. The lowest BCUT2D eigenvalue weighted by Gasteiger charge is -2.60. The Morgan fingerprint density at radius 3 is 1.39 bits per heavy atom. The second-order valence-electron chi connectivity index (χ2n) is 39.9. The maximum atomic E-state index is 11.6. The Morgan fingerprint density at radius 2 is 1.09 bits per heavy atom. The van der Waals surface area contributed by atoms with Crippen molar-refractivity contribution >= 4 is 62.6 Å². The number of aliphatic hydroxyl groups is 4. The number of likely N-dealkylation sites (tertiary alicyclic amines) is 2. The molecule has 1 unspecified atom stereocenters. The molecule has 772 valence electrons. The van der Waals surface area contributed by atoms with Gasteiger partial charge in [0.1, 0.15) is 29.4 Å². The van der Waals surface area contributed by atoms with E-state index in [1.165, 1.54) is 37.5 Å². The Labute approximate surface area is 792 Å². The first-order valence-corrected chi connectivity index (χ1v) is 50.5. The Balaban J connectivity index is 0. The van der Waals surface area contributed by atoms with E-state index >= 15 is 0 Å². The van der Waals surface area contributed by atoms with Crippen LogP contribution in [-0.4, -0.2) is 347 Å². The number of hydrogen-bond donors (Lipinski definition) is 19. The molecule has 19 N–H and O–H groups in total. The van der Waals surface area contributed by atoms with Crippen LogP contribution >= 0.6 is 0 Å². The molecule has 39 nitrogen and oxygen atoms in total. The number of aromatic nitrogens is 4. The molecule has 3 saturated carbocycles. The quantitative estimate of drug-likeness (QED) is 0.0407. The molecule has 0 radical (unpaired) electrons. The summed E-state index contributed by atoms with van der Waals surface area (Å²) < 4.78 is 23.1. The largest absolute Gasteiger partial charge is 0.481 e. The van der Waals surface area contributed by atoms with Gasteiger partial charge in [-0.25, -0.2) is 23.1 Å². The first-order chi connectivity index (χ1) is 61.5. The first kappa shape index (κ1) is 128. The van der Waals surface area contributed by atoms with E-state index in [2.05, 4.69) is 246 Å². The van der Waals surface area contributed by atoms with Crippen LogP contribution in [0.15, 0.2) is 20.2 Å². The number of amides is 5. The summed E-state index contributed by atoms with van der Waals surface area (Å²) in [6.45, 7) is 65.3. The number of aliphatic hydroxyl groups excluding tert-OH is 4. The Morgan fingerprint density at radius 1 is 0.606 bits per heavy atom. The number of urea groups is 1. The number of H-pyrrole nitrogens is 1. The number of hydrogen-bond acceptors (Lipinski definition) is 32. The molecule has 7 heterocycles. The van der Waals surface area contributed by atoms with Crippen molar-refractivity contribution in [2.75, 3.05) is 117 Å². The number of carboxylic acid groups (broad SMARTS) is 1. The third kappa shape index (κ3) is 64.8. The number of imide groups is 1. The second kappa shape index (κ2) is 70.4. The Bertz CT molecular complexity index is 3450. The van der Waals surface area contributed by atoms with Crippen molar-refractivity contribution in [3.05, 3.63) is 10.5 Å². The summed E-state index contributed by atoms with van der Waals surface area (Å²) in [6, 6.07) is 5.07. The zero-order valence-electron chi connectivity index (χ0n) is 86.3. The monoisotopic (exact) mass is 1900 g/mol. The van der Waals surface area contributed by atoms with Crippen LogP contribution < -0.4 is 74.8 Å². The van der Waals surface area contributed by atoms with Crippen LogP contribution in [0.3, 0.4) is 0 Å². The molecule has 132 heavy (non-hydrogen) atoms. The van der Waals surface area contributed by atoms with Crippen LogP contribution in [0, 0.1) is 23.2 Å². The van der Waals surface area contributed by atoms with Crippen LogP contribution in [0.4, 0.5) is 4.79 Å². The fraction of sp³-hybridized carbons (Fsp3) is 0.891. The van der Waals surface area contributed by atoms with E-state index < -0.39 is 45.0 Å². The third-order valence-corrected chi connectivity index (χ3v) is 22.8. The second-order valence-corrected chi connectivity index (χ2v) is 42.1. The van der Waals surface area contributed by atoms with Crippen molar-refractivity contribution in [3.63, 3.8) is 0 Å². The van der Waals surface area contributed by atoms with Gasteiger partial charge in [-0.3, -0.25) is 54.0 Å². The number of nitrogens with one attached hydrogen (secondary N) is 14. The van der Waals surface area contributed by atoms with E-state index in [1.807, 2.05) is 48.6 Å². The van der Waals surface area contributed by atoms with E-state index in [-0.39, 0.29) is 67.8 Å². The number of nitrogens with zero attached hydrogens (tertiary/aromatic N) is 9. The summed E-state index contributed by atoms with van der Waals surface area (Å²) in [7, 11) is -1.33. The normalized spacial score (nSPS) is 20.7. The van der Waals surface area contributed by atoms with Gasteiger partial charge in [0.15, 0.2) is 15.6 Å². The number of tetrazole rings is 1. The maximum Gasteiger partial charge on any atom is 0.362 e. The summed E-state index contributed by atoms with van der Waals surface area (Å²) >= 11 is 0. The van der Waals surface area contributed by atoms with Crippen molar-refractivity contribution in [2.24, 2.45) is 38.6 Å². The molecule has 7 atom stereocenters. The third-order valence-electron chi connectivity index (χ3n) is 22.0. The number of aliphatic carboxylic acids is 1. The van der Waals surface area contributed by atoms with Gasteiger partial charge in [0, 0.05) is 188 Å². The minimum absolute atomic E-state index is 0.00528. The summed E-state index contributed by atoms with van der Waals surface area (Å²) in [6.07, 6.45) is 13.5. The Hall–Kier alpha value is -6.19. The van der Waals surface area contributed by atoms with Gasteiger partial charge in [0.25, 0.3) is 5.91 Å². The van der Waals surface area contributed by atoms with Crippen LogP contribution in [0.2, 0.25) is 0 Å². The number of piperidine rings is 2. The molecule has 0 aromatic carbocycles. The molecule has 0 bridgehead atoms. The molecule has 1 aromatic heterocycles. The predicted molar refractivity (Wildman–Crippen MR) is 527 cm³/mol. The van der Waals surface area contributed by atoms with Gasteiger partial charge in [-0.1, -0.05) is 118 Å². The molecule has 6 aliphatic heterocycles. The first-order valence-electron chi connectivity index (χ1n) is 48.4. The van der Waals surface area contributed by atoms with Crippen molar-refractivity contribution < 1.29 is 72.3 Å². The molecule has 2 spiro atoms. The van der Waals surface area contributed by atoms with E-state index in [9.17, 15) is 56.7 Å². The molecule has 1 aromatic rings. The van der Waals surface area contributed by atoms with Crippen molar-refractivity contribution in [1.29, 1.82) is 0 Å². The topological polar surface area (TPSA) is 539 Å². The van der Waals surface area contributed by atoms with Crippen molar-refractivity contribution in [3.8, 4) is 0 Å². The summed E-state index contributed by atoms with van der Waals surface area (Å²) in [5.74, 6) is 1.59. The molecule has 3 aliphatic carbocycles. The number of aromatic amines is 1. The smallest absolute Gasteiger partial charge is 0.362 e. The van der Waals surface area contributed by atoms with E-state index in [0.717, 1.165) is 133 Å². The highest BCUT2D eigenvalue weighted by Gasteiger charge is 2.52. The molecule has 5 amide bonds. The predicted octanol–water partition coefficient (Wildman–Crippen LogP) is 4.62. The lowest BCUT2D eigenvalue weighted by Crippen LogP contribution is -2.63. The van der Waals surface area contributed by atoms with Gasteiger partial charge in [-0.15, -0.1) is 5.10 Å². The zero-order chi connectivity index (χ0) is 101. The number of carbonyl (C=O) groups is 8. The van der Waals surface area contributed by atoms with Gasteiger partial charge < -0.3 is 88.9 Å². The number of ketones is 3. The minimum atomic E-state index is -3.34. The van der Waals surface area contributed by atoms with Gasteiger partial charge in [0.05, 0.1) is 50.4 Å². The molecule has 5 saturated heterocycles. The van der Waals surface area contributed by atoms with E-state index in [0.29, 0.717) is 141 Å². The fourth-order valence-corrected chi connectivity index (χ4v) is 15.5. The standard InChI is InChI=1S/C10H19N.C9H15N3O2.C9H19NO4S.2C9H17NO.2C8H16N2O.C8H17NO2.C6H12N4.C6H15NO2.C5H11N5O.C5H13NO/c1-8(2)11-6-10(7-11)4-9(3)5-10;1-6(2)12-4-3-9(5-12)7(13)10-8(14)11-9;1-6(2)10-9(7(3)11)8(12)5-15(4,13)14;2*1-7(2)10-6-8-3-4-9(11)5-8;2*1-6(2)10-7-3-4-8(11)9-5-7;1-7(2)9(3)6-4-5-8(10)11;1-5(2)7-3-6-4-8-10-9-6;1-5(2)7-6(3-8)4-9;1-4(2)6-3-10-5(11)7-8-9-10;1-5(2)6-3-4-7/h8-9H,4-7H2,1-3H3;6H,3-5H2,1-2H3,(H2,10,11,13,14);6-7,9-11H,5H2,1-4H3;2*7-8,10H,3-6H2,1-2H3;2*6-7,10H,3-5H2,1-2H3,(H,9,11);7H,4-6H2,1-3H3,(H,10,11);5,7H,3-4H2,1-2H3;5-9H,3-4H2,1-2H3;4,6H,3H2,1-2H3,(H,7,9,11);5-7H,3-4H2,1-2H3/t;;7-,9+;2*8-;2*7-;;;;;/m..11010...../s1. The van der Waals surface area contributed by atoms with Crippen LogP contribution in [0.5, 0.6) is 0 Å². The molecule has 9 aliphatic rings. The highest BCUT2D eigenvalue weighted by atomic mass is 32.2. The highest BCUT2D eigenvalue weighted by Crippen LogP contribution is 2.52. The van der Waals surface area contributed by atoms with Crippen LogP contribution in [0.1, 0.15) is 276 Å². The lowest BCUT2D eigenvalue weighted by molar-refractivity contribution is -0.137. The van der Waals surface area contributed by atoms with E-state index in [1.54, 1.807) is 0 Å². The minimum Gasteiger partial charge on any atom is -0.481 e. The number of carboxylic acids is 1. The fourth-order valence-electron chi connectivity index (χ4n) is 14.8. The summed E-state index contributed by atoms with van der Waals surface area (Å²) in [5, 5.41) is 102. The average Bonchev–Trinajstić information content (AvgIpc) is 1.48. The van der Waals surface area contributed by atoms with Gasteiger partial charge >= 0.3 is 17.7 Å². The highest BCUT2D eigenvalue weighted by molar-refractivity contribution is 7.91. The van der Waals surface area contributed by atoms with Crippen LogP contribution in [-0.2, 0) is 50.1 Å². The van der Waals surface area contributed by atoms with Crippen LogP contribution in [0.25, 0.3) is 0 Å². The number of carbonyl (C=O) groups excluding carboxylic acids is 7. The van der Waals surface area contributed by atoms with Crippen molar-refractivity contribution in [1.82, 2.24) is 104 Å². The number of rotatable bonds is 36. The molecular weight excluding hydrogens is 1720 g/mol. The van der Waals surface area contributed by atoms with Gasteiger partial charge in [-0.2, -0.15) is 9.80 Å². The molecule has 10 rings (SSSR count). The number of Topliss-reactive ketones (excluding diaryl/α,β-unsaturated/α-hetero) is 3. The molecule has 8 fully saturated rings. The van der Waals surface area contributed by atoms with Crippen molar-refractivity contribution in [2.45, 2.75) is 391 Å². The molecule has 40 heteroatoms. The van der Waals surface area contributed by atoms with Gasteiger partial charge in [0.2, 0.25) is 11.8 Å². The SMILES string of the molecule is CC(C)N(C)CCCC(=O)O.CC(C)N1CCC2(C1)NC(=O)NC2=O.CC(C)NC(CO)CO.CC(C)NCC1=NN=NC1.CC(C)NCCO.CC(C)NC[C@@H]1CCC(=O)C1.CC(C)NC[C@H]1CCC(=O)C1.CC(C)NCn1nn[nH]c1=O.CC(C)N[C@@H]1CCC(=O)NC1.CC(C)N[C@H](C(=O)CS(C)(=O)=O)[C@@H](C)O.CC(C)N[C@H]1CCC(=O)NC1.CC1CC2(C1)CN(C(C)C)C2. The lowest BCUT2D eigenvalue weighted by atomic mass is 9.58. The maximum absolute atomic E-state index is 11.6. The Kier molecular flexibility index (Phi) is 68.2.